The maximum Gasteiger partial charge on any atom is 0.314 e. The van der Waals surface area contributed by atoms with E-state index in [0.717, 1.165) is 0 Å². The Hall–Kier alpha value is -1.58. The molecule has 0 unspecified atom stereocenters. The van der Waals surface area contributed by atoms with Crippen LogP contribution in [0.4, 0.5) is 4.39 Å². The van der Waals surface area contributed by atoms with Crippen molar-refractivity contribution in [2.75, 3.05) is 7.11 Å². The van der Waals surface area contributed by atoms with Crippen LogP contribution in [0, 0.1) is 12.7 Å². The van der Waals surface area contributed by atoms with Gasteiger partial charge in [-0.3, -0.25) is 4.79 Å². The SMILES string of the molecule is COc1cc(C)c(F)cc1C1(C(=O)O)CC1. The third-order valence-electron chi connectivity index (χ3n) is 3.16. The minimum absolute atomic E-state index is 0.386. The number of hydrogen-bond acceptors (Lipinski definition) is 2. The molecule has 3 nitrogen and oxygen atoms in total. The first kappa shape index (κ1) is 10.9. The monoisotopic (exact) mass is 224 g/mol. The molecule has 0 spiro atoms. The van der Waals surface area contributed by atoms with Gasteiger partial charge in [0.2, 0.25) is 0 Å². The van der Waals surface area contributed by atoms with Gasteiger partial charge in [-0.05, 0) is 37.5 Å². The topological polar surface area (TPSA) is 46.5 Å². The molecule has 0 radical (unpaired) electrons. The predicted octanol–water partition coefficient (Wildman–Crippen LogP) is 2.26. The molecule has 0 aliphatic heterocycles. The van der Waals surface area contributed by atoms with Crippen LogP contribution < -0.4 is 4.74 Å². The Balaban J connectivity index is 2.56. The number of benzene rings is 1. The van der Waals surface area contributed by atoms with E-state index in [1.54, 1.807) is 13.0 Å². The summed E-state index contributed by atoms with van der Waals surface area (Å²) in [6, 6.07) is 2.84. The summed E-state index contributed by atoms with van der Waals surface area (Å²) in [5, 5.41) is 9.16. The van der Waals surface area contributed by atoms with Crippen LogP contribution in [-0.4, -0.2) is 18.2 Å². The molecule has 4 heteroatoms. The molecule has 0 atom stereocenters. The van der Waals surface area contributed by atoms with E-state index >= 15 is 0 Å². The average molecular weight is 224 g/mol. The average Bonchev–Trinajstić information content (AvgIpc) is 3.02. The molecule has 0 heterocycles. The molecule has 0 saturated heterocycles. The van der Waals surface area contributed by atoms with Crippen LogP contribution in [0.5, 0.6) is 5.75 Å². The van der Waals surface area contributed by atoms with E-state index in [2.05, 4.69) is 0 Å². The van der Waals surface area contributed by atoms with Crippen molar-refractivity contribution in [1.82, 2.24) is 0 Å². The number of aryl methyl sites for hydroxylation is 1. The Morgan fingerprint density at radius 1 is 1.50 bits per heavy atom. The number of carboxylic acid groups (broad SMARTS) is 1. The van der Waals surface area contributed by atoms with E-state index in [-0.39, 0.29) is 5.82 Å². The van der Waals surface area contributed by atoms with Crippen molar-refractivity contribution < 1.29 is 19.0 Å². The minimum Gasteiger partial charge on any atom is -0.496 e. The van der Waals surface area contributed by atoms with Crippen LogP contribution in [0.15, 0.2) is 12.1 Å². The number of halogens is 1. The van der Waals surface area contributed by atoms with E-state index in [1.807, 2.05) is 0 Å². The molecule has 2 rings (SSSR count). The van der Waals surface area contributed by atoms with Crippen molar-refractivity contribution in [2.45, 2.75) is 25.2 Å². The quantitative estimate of drug-likeness (QED) is 0.856. The number of ether oxygens (including phenoxy) is 1. The Kier molecular flexibility index (Phi) is 2.37. The molecule has 16 heavy (non-hydrogen) atoms. The van der Waals surface area contributed by atoms with Gasteiger partial charge in [-0.1, -0.05) is 0 Å². The van der Waals surface area contributed by atoms with E-state index in [9.17, 15) is 9.18 Å². The highest BCUT2D eigenvalue weighted by Gasteiger charge is 2.53. The smallest absolute Gasteiger partial charge is 0.314 e. The van der Waals surface area contributed by atoms with Crippen molar-refractivity contribution in [3.8, 4) is 5.75 Å². The highest BCUT2D eigenvalue weighted by atomic mass is 19.1. The molecule has 1 aromatic carbocycles. The van der Waals surface area contributed by atoms with Crippen LogP contribution in [-0.2, 0) is 10.2 Å². The molecule has 1 saturated carbocycles. The molecule has 86 valence electrons. The maximum atomic E-state index is 13.5. The normalized spacial score (nSPS) is 16.9. The molecular formula is C12H13FO3. The van der Waals surface area contributed by atoms with Crippen LogP contribution in [0.2, 0.25) is 0 Å². The van der Waals surface area contributed by atoms with Gasteiger partial charge in [-0.2, -0.15) is 0 Å². The standard InChI is InChI=1S/C12H13FO3/c1-7-5-10(16-2)8(6-9(7)13)12(3-4-12)11(14)15/h5-6H,3-4H2,1-2H3,(H,14,15). The zero-order chi connectivity index (χ0) is 11.9. The molecule has 1 fully saturated rings. The first-order chi connectivity index (χ1) is 7.51. The molecule has 1 aromatic rings. The summed E-state index contributed by atoms with van der Waals surface area (Å²) >= 11 is 0. The van der Waals surface area contributed by atoms with Crippen molar-refractivity contribution in [3.63, 3.8) is 0 Å². The summed E-state index contributed by atoms with van der Waals surface area (Å²) in [5.74, 6) is -0.837. The largest absolute Gasteiger partial charge is 0.496 e. The fourth-order valence-electron chi connectivity index (χ4n) is 1.92. The van der Waals surface area contributed by atoms with Crippen LogP contribution in [0.1, 0.15) is 24.0 Å². The van der Waals surface area contributed by atoms with Gasteiger partial charge < -0.3 is 9.84 Å². The van der Waals surface area contributed by atoms with Crippen LogP contribution in [0.3, 0.4) is 0 Å². The van der Waals surface area contributed by atoms with Gasteiger partial charge in [0.25, 0.3) is 0 Å². The van der Waals surface area contributed by atoms with Crippen molar-refractivity contribution in [2.24, 2.45) is 0 Å². The Bertz CT molecular complexity index is 450. The van der Waals surface area contributed by atoms with E-state index in [0.29, 0.717) is 29.7 Å². The molecular weight excluding hydrogens is 211 g/mol. The number of methoxy groups -OCH3 is 1. The molecule has 1 aliphatic carbocycles. The number of carbonyl (C=O) groups is 1. The van der Waals surface area contributed by atoms with Gasteiger partial charge in [-0.15, -0.1) is 0 Å². The van der Waals surface area contributed by atoms with E-state index in [4.69, 9.17) is 9.84 Å². The third kappa shape index (κ3) is 1.45. The second-order valence-electron chi connectivity index (χ2n) is 4.19. The highest BCUT2D eigenvalue weighted by molar-refractivity contribution is 5.86. The van der Waals surface area contributed by atoms with Gasteiger partial charge in [0.1, 0.15) is 11.6 Å². The Morgan fingerprint density at radius 2 is 2.12 bits per heavy atom. The van der Waals surface area contributed by atoms with Gasteiger partial charge in [0.15, 0.2) is 0 Å². The second kappa shape index (κ2) is 3.47. The van der Waals surface area contributed by atoms with Gasteiger partial charge in [0.05, 0.1) is 12.5 Å². The zero-order valence-electron chi connectivity index (χ0n) is 9.21. The van der Waals surface area contributed by atoms with Gasteiger partial charge in [0, 0.05) is 5.56 Å². The third-order valence-corrected chi connectivity index (χ3v) is 3.16. The zero-order valence-corrected chi connectivity index (χ0v) is 9.21. The highest BCUT2D eigenvalue weighted by Crippen LogP contribution is 2.51. The summed E-state index contributed by atoms with van der Waals surface area (Å²) in [6.07, 6.45) is 1.09. The first-order valence-electron chi connectivity index (χ1n) is 5.09. The lowest BCUT2D eigenvalue weighted by atomic mass is 9.94. The molecule has 0 aromatic heterocycles. The number of carboxylic acids is 1. The van der Waals surface area contributed by atoms with Crippen LogP contribution in [0.25, 0.3) is 0 Å². The Morgan fingerprint density at radius 3 is 2.56 bits per heavy atom. The summed E-state index contributed by atoms with van der Waals surface area (Å²) < 4.78 is 18.6. The van der Waals surface area contributed by atoms with Gasteiger partial charge in [-0.25, -0.2) is 4.39 Å². The minimum atomic E-state index is -0.931. The fraction of sp³-hybridized carbons (Fsp3) is 0.417. The Labute approximate surface area is 92.9 Å². The van der Waals surface area contributed by atoms with Gasteiger partial charge >= 0.3 is 5.97 Å². The number of aliphatic carboxylic acids is 1. The first-order valence-corrected chi connectivity index (χ1v) is 5.09. The lowest BCUT2D eigenvalue weighted by Gasteiger charge is -2.15. The summed E-state index contributed by atoms with van der Waals surface area (Å²) in [4.78, 5) is 11.2. The summed E-state index contributed by atoms with van der Waals surface area (Å²) in [5.41, 5.74) is -0.0211. The fourth-order valence-corrected chi connectivity index (χ4v) is 1.92. The summed E-state index contributed by atoms with van der Waals surface area (Å²) in [6.45, 7) is 1.63. The lowest BCUT2D eigenvalue weighted by molar-refractivity contribution is -0.140. The second-order valence-corrected chi connectivity index (χ2v) is 4.19. The van der Waals surface area contributed by atoms with E-state index in [1.165, 1.54) is 13.2 Å². The summed E-state index contributed by atoms with van der Waals surface area (Å²) in [7, 11) is 1.47. The lowest BCUT2D eigenvalue weighted by Crippen LogP contribution is -2.20. The molecule has 1 aliphatic rings. The van der Waals surface area contributed by atoms with E-state index < -0.39 is 11.4 Å². The van der Waals surface area contributed by atoms with Crippen molar-refractivity contribution in [3.05, 3.63) is 29.1 Å². The number of rotatable bonds is 3. The number of hydrogen-bond donors (Lipinski definition) is 1. The molecule has 1 N–H and O–H groups in total. The molecule has 0 bridgehead atoms. The molecule has 0 amide bonds. The predicted molar refractivity (Wildman–Crippen MR) is 56.2 cm³/mol. The van der Waals surface area contributed by atoms with Crippen molar-refractivity contribution >= 4 is 5.97 Å². The van der Waals surface area contributed by atoms with Crippen molar-refractivity contribution in [1.29, 1.82) is 0 Å². The maximum absolute atomic E-state index is 13.5. The van der Waals surface area contributed by atoms with Crippen LogP contribution >= 0.6 is 0 Å².